The highest BCUT2D eigenvalue weighted by atomic mass is 19.4. The van der Waals surface area contributed by atoms with Gasteiger partial charge in [-0.2, -0.15) is 26.3 Å². The number of carbonyl (C=O) groups excluding carboxylic acids is 1. The quantitative estimate of drug-likeness (QED) is 0.374. The first kappa shape index (κ1) is 24.8. The topological polar surface area (TPSA) is 91.2 Å². The molecule has 2 aromatic carbocycles. The maximum absolute atomic E-state index is 13.7. The average molecular weight is 511 g/mol. The second-order valence-electron chi connectivity index (χ2n) is 7.25. The molecule has 0 saturated heterocycles. The summed E-state index contributed by atoms with van der Waals surface area (Å²) in [4.78, 5) is 24.1. The largest absolute Gasteiger partial charge is 0.497 e. The molecule has 4 rings (SSSR count). The predicted octanol–water partition coefficient (Wildman–Crippen LogP) is 5.12. The Labute approximate surface area is 198 Å². The first-order valence-electron chi connectivity index (χ1n) is 9.95. The van der Waals surface area contributed by atoms with Crippen LogP contribution in [0.15, 0.2) is 48.8 Å². The van der Waals surface area contributed by atoms with E-state index in [2.05, 4.69) is 20.3 Å². The van der Waals surface area contributed by atoms with Crippen LogP contribution in [0, 0.1) is 0 Å². The van der Waals surface area contributed by atoms with Gasteiger partial charge in [0.15, 0.2) is 11.6 Å². The van der Waals surface area contributed by atoms with Crippen LogP contribution in [0.4, 0.5) is 32.2 Å². The first-order valence-corrected chi connectivity index (χ1v) is 9.95. The molecule has 2 heterocycles. The van der Waals surface area contributed by atoms with E-state index in [0.717, 1.165) is 30.1 Å². The van der Waals surface area contributed by atoms with E-state index in [4.69, 9.17) is 9.47 Å². The van der Waals surface area contributed by atoms with Crippen LogP contribution in [-0.4, -0.2) is 39.6 Å². The summed E-state index contributed by atoms with van der Waals surface area (Å²) in [5, 5.41) is 2.32. The molecule has 1 amide bonds. The number of nitrogens with zero attached hydrogens (tertiary/aromatic N) is 4. The van der Waals surface area contributed by atoms with Crippen molar-refractivity contribution in [1.29, 1.82) is 0 Å². The van der Waals surface area contributed by atoms with Gasteiger partial charge in [-0.05, 0) is 30.3 Å². The third-order valence-corrected chi connectivity index (χ3v) is 5.00. The van der Waals surface area contributed by atoms with E-state index in [1.807, 2.05) is 0 Å². The minimum Gasteiger partial charge on any atom is -0.497 e. The van der Waals surface area contributed by atoms with Crippen molar-refractivity contribution in [2.75, 3.05) is 19.5 Å². The standard InChI is InChI=1S/C22H15F6N5O3/c1-35-12-4-6-15-14(8-12)31-20(22(26,27)28)33(15)18-10-29-17(9-30-18)32-19(34)13-5-3-11(21(23,24)25)7-16(13)36-2/h3-10H,1-2H3,(H,29,32,34). The van der Waals surface area contributed by atoms with Gasteiger partial charge < -0.3 is 14.8 Å². The molecule has 0 aliphatic carbocycles. The number of benzene rings is 2. The van der Waals surface area contributed by atoms with Crippen LogP contribution >= 0.6 is 0 Å². The lowest BCUT2D eigenvalue weighted by Gasteiger charge is -2.13. The van der Waals surface area contributed by atoms with Gasteiger partial charge in [-0.25, -0.2) is 15.0 Å². The Balaban J connectivity index is 1.65. The number of hydrogen-bond donors (Lipinski definition) is 1. The number of aromatic nitrogens is 4. The molecule has 0 unspecified atom stereocenters. The van der Waals surface area contributed by atoms with E-state index < -0.39 is 29.6 Å². The fraction of sp³-hybridized carbons (Fsp3) is 0.182. The monoisotopic (exact) mass is 511 g/mol. The summed E-state index contributed by atoms with van der Waals surface area (Å²) < 4.78 is 90.4. The van der Waals surface area contributed by atoms with E-state index in [0.29, 0.717) is 17.9 Å². The number of nitrogens with one attached hydrogen (secondary N) is 1. The number of ether oxygens (including phenoxy) is 2. The van der Waals surface area contributed by atoms with Gasteiger partial charge in [0.2, 0.25) is 5.82 Å². The number of anilines is 1. The molecule has 0 spiro atoms. The maximum atomic E-state index is 13.7. The number of halogens is 6. The van der Waals surface area contributed by atoms with Crippen molar-refractivity contribution in [3.05, 3.63) is 65.7 Å². The van der Waals surface area contributed by atoms with Gasteiger partial charge in [0, 0.05) is 6.07 Å². The molecule has 36 heavy (non-hydrogen) atoms. The minimum atomic E-state index is -4.82. The van der Waals surface area contributed by atoms with Crippen molar-refractivity contribution in [2.45, 2.75) is 12.4 Å². The Bertz CT molecular complexity index is 1430. The van der Waals surface area contributed by atoms with Crippen LogP contribution in [0.1, 0.15) is 21.7 Å². The molecule has 0 saturated carbocycles. The normalized spacial score (nSPS) is 12.0. The van der Waals surface area contributed by atoms with Crippen molar-refractivity contribution >= 4 is 22.8 Å². The molecule has 8 nitrogen and oxygen atoms in total. The SMILES string of the molecule is COc1ccc2c(c1)nc(C(F)(F)F)n2-c1cnc(NC(=O)c2ccc(C(F)(F)F)cc2OC)cn1. The minimum absolute atomic E-state index is 0.00949. The Kier molecular flexibility index (Phi) is 6.20. The zero-order valence-corrected chi connectivity index (χ0v) is 18.4. The average Bonchev–Trinajstić information content (AvgIpc) is 3.23. The van der Waals surface area contributed by atoms with Gasteiger partial charge in [-0.1, -0.05) is 0 Å². The summed E-state index contributed by atoms with van der Waals surface area (Å²) in [5.74, 6) is -2.53. The van der Waals surface area contributed by atoms with E-state index in [-0.39, 0.29) is 34.0 Å². The van der Waals surface area contributed by atoms with Crippen molar-refractivity contribution in [3.63, 3.8) is 0 Å². The lowest BCUT2D eigenvalue weighted by Crippen LogP contribution is -2.17. The van der Waals surface area contributed by atoms with Crippen LogP contribution in [-0.2, 0) is 12.4 Å². The second-order valence-corrected chi connectivity index (χ2v) is 7.25. The van der Waals surface area contributed by atoms with Crippen molar-refractivity contribution < 1.29 is 40.6 Å². The first-order chi connectivity index (χ1) is 16.9. The molecule has 4 aromatic rings. The van der Waals surface area contributed by atoms with Gasteiger partial charge in [-0.15, -0.1) is 0 Å². The van der Waals surface area contributed by atoms with E-state index in [1.54, 1.807) is 0 Å². The summed E-state index contributed by atoms with van der Waals surface area (Å²) in [6, 6.07) is 6.48. The third-order valence-electron chi connectivity index (χ3n) is 5.00. The molecule has 0 aliphatic rings. The van der Waals surface area contributed by atoms with Gasteiger partial charge in [0.1, 0.15) is 11.5 Å². The van der Waals surface area contributed by atoms with Crippen LogP contribution in [0.5, 0.6) is 11.5 Å². The number of alkyl halides is 6. The summed E-state index contributed by atoms with van der Waals surface area (Å²) in [5.41, 5.74) is -1.13. The van der Waals surface area contributed by atoms with Crippen molar-refractivity contribution in [1.82, 2.24) is 19.5 Å². The number of imidazole rings is 1. The number of hydrogen-bond acceptors (Lipinski definition) is 6. The van der Waals surface area contributed by atoms with E-state index in [1.165, 1.54) is 25.3 Å². The lowest BCUT2D eigenvalue weighted by molar-refractivity contribution is -0.145. The van der Waals surface area contributed by atoms with Crippen LogP contribution < -0.4 is 14.8 Å². The molecule has 1 N–H and O–H groups in total. The molecule has 0 bridgehead atoms. The number of fused-ring (bicyclic) bond motifs is 1. The Hall–Kier alpha value is -4.36. The van der Waals surface area contributed by atoms with Crippen LogP contribution in [0.3, 0.4) is 0 Å². The van der Waals surface area contributed by atoms with Gasteiger partial charge in [0.25, 0.3) is 5.91 Å². The molecule has 0 aliphatic heterocycles. The van der Waals surface area contributed by atoms with Gasteiger partial charge in [-0.3, -0.25) is 9.36 Å². The molecule has 0 fully saturated rings. The predicted molar refractivity (Wildman–Crippen MR) is 114 cm³/mol. The Morgan fingerprint density at radius 2 is 1.67 bits per heavy atom. The summed E-state index contributed by atoms with van der Waals surface area (Å²) in [6.45, 7) is 0. The van der Waals surface area contributed by atoms with Crippen LogP contribution in [0.2, 0.25) is 0 Å². The molecule has 14 heteroatoms. The van der Waals surface area contributed by atoms with Crippen molar-refractivity contribution in [2.24, 2.45) is 0 Å². The summed E-state index contributed by atoms with van der Waals surface area (Å²) in [6.07, 6.45) is -7.47. The highest BCUT2D eigenvalue weighted by Gasteiger charge is 2.38. The molecular formula is C22H15F6N5O3. The maximum Gasteiger partial charge on any atom is 0.450 e. The zero-order chi connectivity index (χ0) is 26.3. The van der Waals surface area contributed by atoms with Crippen molar-refractivity contribution in [3.8, 4) is 17.3 Å². The summed E-state index contributed by atoms with van der Waals surface area (Å²) in [7, 11) is 2.46. The molecule has 0 atom stereocenters. The van der Waals surface area contributed by atoms with Gasteiger partial charge in [0.05, 0.1) is 48.8 Å². The number of amides is 1. The molecule has 0 radical (unpaired) electrons. The summed E-state index contributed by atoms with van der Waals surface area (Å²) >= 11 is 0. The van der Waals surface area contributed by atoms with E-state index in [9.17, 15) is 31.1 Å². The third kappa shape index (κ3) is 4.74. The number of methoxy groups -OCH3 is 2. The fourth-order valence-electron chi connectivity index (χ4n) is 3.35. The number of carbonyl (C=O) groups is 1. The zero-order valence-electron chi connectivity index (χ0n) is 18.4. The lowest BCUT2D eigenvalue weighted by atomic mass is 10.1. The fourth-order valence-corrected chi connectivity index (χ4v) is 3.35. The molecule has 188 valence electrons. The Morgan fingerprint density at radius 1 is 0.917 bits per heavy atom. The van der Waals surface area contributed by atoms with Gasteiger partial charge >= 0.3 is 12.4 Å². The Morgan fingerprint density at radius 3 is 2.25 bits per heavy atom. The number of rotatable bonds is 5. The highest BCUT2D eigenvalue weighted by molar-refractivity contribution is 6.05. The van der Waals surface area contributed by atoms with Crippen LogP contribution in [0.25, 0.3) is 16.9 Å². The second kappa shape index (κ2) is 9.02. The smallest absolute Gasteiger partial charge is 0.450 e. The highest BCUT2D eigenvalue weighted by Crippen LogP contribution is 2.35. The van der Waals surface area contributed by atoms with E-state index >= 15 is 0 Å². The molecular weight excluding hydrogens is 496 g/mol. The molecule has 2 aromatic heterocycles.